The maximum absolute atomic E-state index is 13.3. The Hall–Kier alpha value is -3.14. The first-order valence-electron chi connectivity index (χ1n) is 12.6. The van der Waals surface area contributed by atoms with Gasteiger partial charge in [0.15, 0.2) is 11.4 Å². The molecule has 0 aromatic carbocycles. The molecule has 4 aromatic heterocycles. The van der Waals surface area contributed by atoms with Crippen molar-refractivity contribution in [3.05, 3.63) is 53.7 Å². The van der Waals surface area contributed by atoms with Gasteiger partial charge in [0.25, 0.3) is 0 Å². The normalized spacial score (nSPS) is 12.4. The standard InChI is InChI=1S/C27H34N6O2S/c1-4-32(5-2)19(3)9-10-24(35)20-16-23(30-26(17-20)28-12-7-14-34)21-18-29-33-13-11-22(31-27(21)33)25-8-6-15-36-25/h6,8,11,13,15-19,34H,4-5,7,9-10,12,14H2,1-3H3,(H,28,30)/t19-/m0/s1. The van der Waals surface area contributed by atoms with Crippen LogP contribution in [0.15, 0.2) is 48.1 Å². The van der Waals surface area contributed by atoms with Crippen molar-refractivity contribution in [1.29, 1.82) is 0 Å². The summed E-state index contributed by atoms with van der Waals surface area (Å²) in [5.74, 6) is 0.696. The van der Waals surface area contributed by atoms with Gasteiger partial charge >= 0.3 is 0 Å². The molecule has 4 heterocycles. The summed E-state index contributed by atoms with van der Waals surface area (Å²) in [5.41, 5.74) is 3.60. The molecule has 0 bridgehead atoms. The van der Waals surface area contributed by atoms with Crippen LogP contribution < -0.4 is 5.32 Å². The molecular formula is C27H34N6O2S. The number of hydrogen-bond acceptors (Lipinski definition) is 8. The number of nitrogens with zero attached hydrogens (tertiary/aromatic N) is 5. The number of thiophene rings is 1. The van der Waals surface area contributed by atoms with Crippen molar-refractivity contribution in [3.8, 4) is 21.8 Å². The highest BCUT2D eigenvalue weighted by molar-refractivity contribution is 7.13. The van der Waals surface area contributed by atoms with E-state index in [0.717, 1.165) is 35.6 Å². The van der Waals surface area contributed by atoms with E-state index in [-0.39, 0.29) is 12.4 Å². The first-order chi connectivity index (χ1) is 17.5. The van der Waals surface area contributed by atoms with Crippen LogP contribution in [-0.2, 0) is 0 Å². The van der Waals surface area contributed by atoms with E-state index in [1.165, 1.54) is 0 Å². The fourth-order valence-corrected chi connectivity index (χ4v) is 5.04. The Kier molecular flexibility index (Phi) is 8.79. The summed E-state index contributed by atoms with van der Waals surface area (Å²) in [7, 11) is 0. The lowest BCUT2D eigenvalue weighted by Crippen LogP contribution is -2.33. The zero-order chi connectivity index (χ0) is 25.5. The summed E-state index contributed by atoms with van der Waals surface area (Å²) in [4.78, 5) is 26.4. The number of pyridine rings is 1. The number of fused-ring (bicyclic) bond motifs is 1. The first-order valence-corrected chi connectivity index (χ1v) is 13.4. The van der Waals surface area contributed by atoms with E-state index in [0.29, 0.717) is 48.2 Å². The lowest BCUT2D eigenvalue weighted by atomic mass is 10.0. The molecule has 0 fully saturated rings. The molecule has 0 aliphatic heterocycles. The van der Waals surface area contributed by atoms with Gasteiger partial charge in [0.1, 0.15) is 5.82 Å². The van der Waals surface area contributed by atoms with Gasteiger partial charge < -0.3 is 15.3 Å². The Morgan fingerprint density at radius 3 is 2.75 bits per heavy atom. The van der Waals surface area contributed by atoms with Gasteiger partial charge in [0.2, 0.25) is 0 Å². The number of hydrogen-bond donors (Lipinski definition) is 2. The van der Waals surface area contributed by atoms with Gasteiger partial charge in [-0.1, -0.05) is 19.9 Å². The summed E-state index contributed by atoms with van der Waals surface area (Å²) >= 11 is 1.64. The van der Waals surface area contributed by atoms with Crippen LogP contribution in [0.5, 0.6) is 0 Å². The number of Topliss-reactive ketones (excluding diaryl/α,β-unsaturated/α-hetero) is 1. The van der Waals surface area contributed by atoms with Crippen LogP contribution >= 0.6 is 11.3 Å². The van der Waals surface area contributed by atoms with E-state index in [4.69, 9.17) is 9.97 Å². The van der Waals surface area contributed by atoms with Gasteiger partial charge in [-0.3, -0.25) is 4.79 Å². The Bertz CT molecular complexity index is 1280. The second kappa shape index (κ2) is 12.2. The Labute approximate surface area is 216 Å². The van der Waals surface area contributed by atoms with Crippen LogP contribution in [-0.4, -0.2) is 67.7 Å². The lowest BCUT2D eigenvalue weighted by molar-refractivity contribution is 0.0964. The number of carbonyl (C=O) groups is 1. The molecule has 2 N–H and O–H groups in total. The van der Waals surface area contributed by atoms with Gasteiger partial charge in [-0.15, -0.1) is 11.3 Å². The molecule has 0 amide bonds. The number of aliphatic hydroxyl groups excluding tert-OH is 1. The molecule has 9 heteroatoms. The highest BCUT2D eigenvalue weighted by Gasteiger charge is 2.18. The summed E-state index contributed by atoms with van der Waals surface area (Å²) < 4.78 is 1.73. The van der Waals surface area contributed by atoms with Crippen LogP contribution in [0.4, 0.5) is 5.82 Å². The quantitative estimate of drug-likeness (QED) is 0.194. The minimum atomic E-state index is 0.0885. The topological polar surface area (TPSA) is 95.7 Å². The SMILES string of the molecule is CCN(CC)[C@@H](C)CCC(=O)c1cc(NCCCO)nc(-c2cnn3ccc(-c4cccs4)nc23)c1. The number of rotatable bonds is 13. The number of carbonyl (C=O) groups excluding carboxylic acids is 1. The molecule has 36 heavy (non-hydrogen) atoms. The van der Waals surface area contributed by atoms with E-state index in [9.17, 15) is 9.90 Å². The van der Waals surface area contributed by atoms with Crippen molar-refractivity contribution in [2.24, 2.45) is 0 Å². The zero-order valence-electron chi connectivity index (χ0n) is 21.1. The minimum Gasteiger partial charge on any atom is -0.396 e. The van der Waals surface area contributed by atoms with E-state index >= 15 is 0 Å². The first kappa shape index (κ1) is 25.9. The molecule has 0 saturated carbocycles. The number of nitrogens with one attached hydrogen (secondary N) is 1. The maximum atomic E-state index is 13.3. The van der Waals surface area contributed by atoms with Crippen molar-refractivity contribution in [1.82, 2.24) is 24.5 Å². The van der Waals surface area contributed by atoms with Crippen molar-refractivity contribution < 1.29 is 9.90 Å². The van der Waals surface area contributed by atoms with Crippen LogP contribution in [0.1, 0.15) is 50.4 Å². The van der Waals surface area contributed by atoms with Crippen molar-refractivity contribution >= 4 is 28.6 Å². The third-order valence-corrected chi connectivity index (χ3v) is 7.32. The van der Waals surface area contributed by atoms with Crippen molar-refractivity contribution in [3.63, 3.8) is 0 Å². The highest BCUT2D eigenvalue weighted by atomic mass is 32.1. The monoisotopic (exact) mass is 506 g/mol. The fourth-order valence-electron chi connectivity index (χ4n) is 4.34. The van der Waals surface area contributed by atoms with Crippen LogP contribution in [0.25, 0.3) is 27.5 Å². The number of aliphatic hydroxyl groups is 1. The predicted molar refractivity (Wildman–Crippen MR) is 146 cm³/mol. The average molecular weight is 507 g/mol. The molecule has 4 aromatic rings. The molecule has 0 unspecified atom stereocenters. The van der Waals surface area contributed by atoms with E-state index < -0.39 is 0 Å². The predicted octanol–water partition coefficient (Wildman–Crippen LogP) is 5.01. The third-order valence-electron chi connectivity index (χ3n) is 6.43. The number of aromatic nitrogens is 4. The molecule has 0 radical (unpaired) electrons. The Morgan fingerprint density at radius 2 is 2.03 bits per heavy atom. The molecule has 8 nitrogen and oxygen atoms in total. The summed E-state index contributed by atoms with van der Waals surface area (Å²) in [6.07, 6.45) is 5.50. The van der Waals surface area contributed by atoms with Gasteiger partial charge in [-0.05, 0) is 62.5 Å². The van der Waals surface area contributed by atoms with E-state index in [2.05, 4.69) is 36.1 Å². The molecule has 0 spiro atoms. The van der Waals surface area contributed by atoms with Gasteiger partial charge in [-0.25, -0.2) is 14.5 Å². The molecule has 0 aliphatic rings. The van der Waals surface area contributed by atoms with Gasteiger partial charge in [0.05, 0.1) is 28.0 Å². The minimum absolute atomic E-state index is 0.0885. The number of anilines is 1. The number of ketones is 1. The Balaban J connectivity index is 1.66. The Morgan fingerprint density at radius 1 is 1.19 bits per heavy atom. The zero-order valence-corrected chi connectivity index (χ0v) is 22.0. The molecular weight excluding hydrogens is 472 g/mol. The van der Waals surface area contributed by atoms with Crippen molar-refractivity contribution in [2.75, 3.05) is 31.6 Å². The van der Waals surface area contributed by atoms with E-state index in [1.807, 2.05) is 41.9 Å². The molecule has 190 valence electrons. The van der Waals surface area contributed by atoms with Crippen LogP contribution in [0, 0.1) is 0 Å². The van der Waals surface area contributed by atoms with E-state index in [1.54, 1.807) is 22.0 Å². The summed E-state index contributed by atoms with van der Waals surface area (Å²) in [5, 5.41) is 18.9. The average Bonchev–Trinajstić information content (AvgIpc) is 3.58. The second-order valence-corrected chi connectivity index (χ2v) is 9.73. The molecule has 0 aliphatic carbocycles. The maximum Gasteiger partial charge on any atom is 0.165 e. The van der Waals surface area contributed by atoms with Crippen LogP contribution in [0.3, 0.4) is 0 Å². The highest BCUT2D eigenvalue weighted by Crippen LogP contribution is 2.28. The second-order valence-electron chi connectivity index (χ2n) is 8.78. The largest absolute Gasteiger partial charge is 0.396 e. The fraction of sp³-hybridized carbons (Fsp3) is 0.407. The summed E-state index contributed by atoms with van der Waals surface area (Å²) in [6.45, 7) is 9.07. The summed E-state index contributed by atoms with van der Waals surface area (Å²) in [6, 6.07) is 9.98. The van der Waals surface area contributed by atoms with Crippen molar-refractivity contribution in [2.45, 2.75) is 46.1 Å². The third kappa shape index (κ3) is 5.98. The lowest BCUT2D eigenvalue weighted by Gasteiger charge is -2.26. The van der Waals surface area contributed by atoms with Crippen LogP contribution in [0.2, 0.25) is 0 Å². The van der Waals surface area contributed by atoms with Gasteiger partial charge in [-0.2, -0.15) is 5.10 Å². The smallest absolute Gasteiger partial charge is 0.165 e. The molecule has 0 saturated heterocycles. The molecule has 1 atom stereocenters. The van der Waals surface area contributed by atoms with Gasteiger partial charge in [0, 0.05) is 37.4 Å². The molecule has 4 rings (SSSR count).